The van der Waals surface area contributed by atoms with Crippen molar-refractivity contribution in [2.45, 2.75) is 77.6 Å². The first-order chi connectivity index (χ1) is 15.5. The van der Waals surface area contributed by atoms with Crippen molar-refractivity contribution in [3.05, 3.63) is 59.7 Å². The molecule has 0 aliphatic rings. The Morgan fingerprint density at radius 3 is 1.50 bits per heavy atom. The van der Waals surface area contributed by atoms with E-state index in [0.29, 0.717) is 6.42 Å². The Labute approximate surface area is 193 Å². The number of phenols is 2. The van der Waals surface area contributed by atoms with E-state index in [0.717, 1.165) is 43.2 Å². The first-order valence-electron chi connectivity index (χ1n) is 12.1. The summed E-state index contributed by atoms with van der Waals surface area (Å²) in [5, 5.41) is 22.0. The van der Waals surface area contributed by atoms with Gasteiger partial charge in [-0.25, -0.2) is 0 Å². The number of aromatic hydroxyl groups is 2. The van der Waals surface area contributed by atoms with Crippen LogP contribution in [-0.2, 0) is 4.79 Å². The van der Waals surface area contributed by atoms with Gasteiger partial charge in [-0.3, -0.25) is 4.79 Å². The Bertz CT molecular complexity index is 838. The second kappa shape index (κ2) is 14.3. The fraction of sp³-hybridized carbons (Fsp3) is 0.464. The van der Waals surface area contributed by atoms with Crippen LogP contribution in [0.1, 0.15) is 88.7 Å². The van der Waals surface area contributed by atoms with Gasteiger partial charge < -0.3 is 15.5 Å². The molecule has 0 aromatic heterocycles. The lowest BCUT2D eigenvalue weighted by atomic mass is 9.89. The van der Waals surface area contributed by atoms with E-state index in [9.17, 15) is 15.0 Å². The lowest BCUT2D eigenvalue weighted by Gasteiger charge is -2.16. The highest BCUT2D eigenvalue weighted by molar-refractivity contribution is 5.91. The van der Waals surface area contributed by atoms with Gasteiger partial charge in [0.25, 0.3) is 0 Å². The Balaban J connectivity index is 1.89. The van der Waals surface area contributed by atoms with Crippen LogP contribution in [0.3, 0.4) is 0 Å². The van der Waals surface area contributed by atoms with E-state index in [1.807, 2.05) is 24.3 Å². The van der Waals surface area contributed by atoms with Crippen LogP contribution in [0.4, 0.5) is 0 Å². The Morgan fingerprint density at radius 1 is 0.656 bits per heavy atom. The van der Waals surface area contributed by atoms with Crippen molar-refractivity contribution in [2.75, 3.05) is 7.05 Å². The molecule has 2 aromatic rings. The summed E-state index contributed by atoms with van der Waals surface area (Å²) in [5.41, 5.74) is 4.92. The van der Waals surface area contributed by atoms with Crippen LogP contribution in [0.2, 0.25) is 0 Å². The van der Waals surface area contributed by atoms with Crippen LogP contribution in [0.25, 0.3) is 11.1 Å². The largest absolute Gasteiger partial charge is 0.508 e. The van der Waals surface area contributed by atoms with Gasteiger partial charge in [-0.1, -0.05) is 69.7 Å². The van der Waals surface area contributed by atoms with Gasteiger partial charge in [0, 0.05) is 13.5 Å². The van der Waals surface area contributed by atoms with E-state index in [4.69, 9.17) is 0 Å². The molecule has 0 bridgehead atoms. The van der Waals surface area contributed by atoms with Crippen LogP contribution < -0.4 is 5.32 Å². The summed E-state index contributed by atoms with van der Waals surface area (Å²) in [7, 11) is 1.69. The minimum absolute atomic E-state index is 0.140. The zero-order chi connectivity index (χ0) is 23.2. The fourth-order valence-electron chi connectivity index (χ4n) is 4.16. The molecule has 0 heterocycles. The summed E-state index contributed by atoms with van der Waals surface area (Å²) in [4.78, 5) is 11.2. The highest BCUT2D eigenvalue weighted by Crippen LogP contribution is 2.34. The van der Waals surface area contributed by atoms with E-state index >= 15 is 0 Å². The molecule has 0 radical (unpaired) electrons. The summed E-state index contributed by atoms with van der Waals surface area (Å²) in [6, 6.07) is 15.0. The quantitative estimate of drug-likeness (QED) is 0.219. The molecule has 4 nitrogen and oxygen atoms in total. The van der Waals surface area contributed by atoms with E-state index in [2.05, 4.69) is 12.2 Å². The van der Waals surface area contributed by atoms with Crippen LogP contribution in [-0.4, -0.2) is 23.2 Å². The number of carbonyl (C=O) groups excluding carboxylic acids is 1. The smallest absolute Gasteiger partial charge is 0.219 e. The number of rotatable bonds is 14. The molecule has 0 spiro atoms. The summed E-state index contributed by atoms with van der Waals surface area (Å²) in [6.45, 7) is 2.17. The van der Waals surface area contributed by atoms with E-state index in [-0.39, 0.29) is 17.4 Å². The molecule has 0 saturated carbocycles. The number of hydrogen-bond acceptors (Lipinski definition) is 3. The third-order valence-electron chi connectivity index (χ3n) is 6.01. The molecule has 0 aliphatic heterocycles. The molecule has 0 aliphatic carbocycles. The minimum atomic E-state index is 0.140. The summed E-state index contributed by atoms with van der Waals surface area (Å²) >= 11 is 0. The topological polar surface area (TPSA) is 69.6 Å². The zero-order valence-corrected chi connectivity index (χ0v) is 19.7. The predicted molar refractivity (Wildman–Crippen MR) is 134 cm³/mol. The van der Waals surface area contributed by atoms with E-state index in [1.54, 1.807) is 31.3 Å². The molecule has 0 atom stereocenters. The van der Waals surface area contributed by atoms with E-state index in [1.165, 1.54) is 43.3 Å². The summed E-state index contributed by atoms with van der Waals surface area (Å²) < 4.78 is 0. The molecule has 0 unspecified atom stereocenters. The number of hydrogen-bond donors (Lipinski definition) is 3. The molecule has 0 fully saturated rings. The maximum atomic E-state index is 11.2. The number of unbranched alkanes of at least 4 members (excludes halogenated alkanes) is 7. The third kappa shape index (κ3) is 8.78. The SMILES string of the molecule is CCC(=C(CCCCCCCCCCC(=O)NC)c1ccc(O)cc1)c1ccc(O)cc1. The molecule has 4 heteroatoms. The van der Waals surface area contributed by atoms with Crippen LogP contribution >= 0.6 is 0 Å². The van der Waals surface area contributed by atoms with Crippen LogP contribution in [0, 0.1) is 0 Å². The van der Waals surface area contributed by atoms with Gasteiger partial charge in [0.1, 0.15) is 11.5 Å². The second-order valence-electron chi connectivity index (χ2n) is 8.41. The standard InChI is InChI=1S/C28H39NO3/c1-3-26(22-14-18-24(30)19-15-22)27(23-16-20-25(31)21-17-23)12-10-8-6-4-5-7-9-11-13-28(32)29-2/h14-21,30-31H,3-13H2,1-2H3,(H,29,32). The van der Waals surface area contributed by atoms with Gasteiger partial charge in [-0.15, -0.1) is 0 Å². The molecule has 2 rings (SSSR count). The van der Waals surface area contributed by atoms with Crippen molar-refractivity contribution in [2.24, 2.45) is 0 Å². The summed E-state index contributed by atoms with van der Waals surface area (Å²) in [5.74, 6) is 0.705. The lowest BCUT2D eigenvalue weighted by Crippen LogP contribution is -2.16. The Kier molecular flexibility index (Phi) is 11.4. The van der Waals surface area contributed by atoms with Crippen molar-refractivity contribution >= 4 is 17.1 Å². The second-order valence-corrected chi connectivity index (χ2v) is 8.41. The maximum absolute atomic E-state index is 11.2. The molecular weight excluding hydrogens is 398 g/mol. The number of phenolic OH excluding ortho intramolecular Hbond substituents is 2. The number of carbonyl (C=O) groups is 1. The highest BCUT2D eigenvalue weighted by Gasteiger charge is 2.11. The van der Waals surface area contributed by atoms with Gasteiger partial charge in [0.05, 0.1) is 0 Å². The predicted octanol–water partition coefficient (Wildman–Crippen LogP) is 7.07. The lowest BCUT2D eigenvalue weighted by molar-refractivity contribution is -0.120. The van der Waals surface area contributed by atoms with Crippen molar-refractivity contribution < 1.29 is 15.0 Å². The van der Waals surface area contributed by atoms with Crippen molar-refractivity contribution in [1.82, 2.24) is 5.32 Å². The number of amides is 1. The average molecular weight is 438 g/mol. The van der Waals surface area contributed by atoms with E-state index < -0.39 is 0 Å². The van der Waals surface area contributed by atoms with Gasteiger partial charge in [-0.2, -0.15) is 0 Å². The minimum Gasteiger partial charge on any atom is -0.508 e. The molecule has 1 amide bonds. The van der Waals surface area contributed by atoms with Gasteiger partial charge >= 0.3 is 0 Å². The van der Waals surface area contributed by atoms with Crippen molar-refractivity contribution in [3.63, 3.8) is 0 Å². The zero-order valence-electron chi connectivity index (χ0n) is 19.7. The maximum Gasteiger partial charge on any atom is 0.219 e. The molecule has 32 heavy (non-hydrogen) atoms. The monoisotopic (exact) mass is 437 g/mol. The van der Waals surface area contributed by atoms with Crippen LogP contribution in [0.15, 0.2) is 48.5 Å². The Morgan fingerprint density at radius 2 is 1.06 bits per heavy atom. The number of nitrogens with one attached hydrogen (secondary N) is 1. The number of benzene rings is 2. The number of allylic oxidation sites excluding steroid dienone is 2. The van der Waals surface area contributed by atoms with Crippen molar-refractivity contribution in [3.8, 4) is 11.5 Å². The fourth-order valence-corrected chi connectivity index (χ4v) is 4.16. The third-order valence-corrected chi connectivity index (χ3v) is 6.01. The summed E-state index contributed by atoms with van der Waals surface area (Å²) in [6.07, 6.45) is 11.9. The van der Waals surface area contributed by atoms with Gasteiger partial charge in [0.2, 0.25) is 5.91 Å². The molecule has 174 valence electrons. The van der Waals surface area contributed by atoms with Gasteiger partial charge in [-0.05, 0) is 72.2 Å². The normalized spacial score (nSPS) is 11.8. The van der Waals surface area contributed by atoms with Gasteiger partial charge in [0.15, 0.2) is 0 Å². The van der Waals surface area contributed by atoms with Crippen LogP contribution in [0.5, 0.6) is 11.5 Å². The molecule has 0 saturated heterocycles. The molecule has 3 N–H and O–H groups in total. The first kappa shape index (κ1) is 25.5. The average Bonchev–Trinajstić information content (AvgIpc) is 2.81. The Hall–Kier alpha value is -2.75. The molecule has 2 aromatic carbocycles. The van der Waals surface area contributed by atoms with Crippen molar-refractivity contribution in [1.29, 1.82) is 0 Å². The highest BCUT2D eigenvalue weighted by atomic mass is 16.3. The first-order valence-corrected chi connectivity index (χ1v) is 12.1. The molecular formula is C28H39NO3.